The summed E-state index contributed by atoms with van der Waals surface area (Å²) in [6, 6.07) is 16.6. The van der Waals surface area contributed by atoms with Crippen LogP contribution in [0.3, 0.4) is 0 Å². The van der Waals surface area contributed by atoms with E-state index in [4.69, 9.17) is 16.3 Å². The predicted octanol–water partition coefficient (Wildman–Crippen LogP) is 5.47. The van der Waals surface area contributed by atoms with E-state index in [-0.39, 0.29) is 10.8 Å². The minimum absolute atomic E-state index is 0.0618. The Hall–Kier alpha value is -3.03. The second-order valence-electron chi connectivity index (χ2n) is 7.67. The fourth-order valence-electron chi connectivity index (χ4n) is 3.09. The van der Waals surface area contributed by atoms with E-state index in [0.717, 1.165) is 16.7 Å². The Balaban J connectivity index is 1.65. The lowest BCUT2D eigenvalue weighted by molar-refractivity contribution is -0.122. The van der Waals surface area contributed by atoms with Gasteiger partial charge in [-0.3, -0.25) is 9.52 Å². The number of rotatable bonds is 7. The molecule has 1 atom stereocenters. The van der Waals surface area contributed by atoms with E-state index in [1.165, 1.54) is 24.3 Å². The number of ether oxygens (including phenoxy) is 1. The summed E-state index contributed by atoms with van der Waals surface area (Å²) < 4.78 is 33.5. The number of hydrogen-bond acceptors (Lipinski definition) is 4. The predicted molar refractivity (Wildman–Crippen MR) is 128 cm³/mol. The van der Waals surface area contributed by atoms with Crippen molar-refractivity contribution < 1.29 is 17.9 Å². The number of amides is 1. The zero-order chi connectivity index (χ0) is 23.5. The minimum atomic E-state index is -3.80. The van der Waals surface area contributed by atoms with Crippen molar-refractivity contribution in [2.75, 3.05) is 10.0 Å². The van der Waals surface area contributed by atoms with Gasteiger partial charge in [-0.15, -0.1) is 0 Å². The van der Waals surface area contributed by atoms with Gasteiger partial charge >= 0.3 is 0 Å². The fourth-order valence-corrected chi connectivity index (χ4v) is 4.32. The molecule has 0 aliphatic heterocycles. The Morgan fingerprint density at radius 2 is 1.50 bits per heavy atom. The van der Waals surface area contributed by atoms with Gasteiger partial charge in [0, 0.05) is 10.7 Å². The molecule has 0 heterocycles. The van der Waals surface area contributed by atoms with Crippen LogP contribution in [0.1, 0.15) is 23.6 Å². The molecular formula is C24H25ClN2O4S. The van der Waals surface area contributed by atoms with Crippen LogP contribution in [0.2, 0.25) is 5.02 Å². The Morgan fingerprint density at radius 3 is 2.09 bits per heavy atom. The minimum Gasteiger partial charge on any atom is -0.481 e. The van der Waals surface area contributed by atoms with Gasteiger partial charge in [-0.1, -0.05) is 23.7 Å². The quantitative estimate of drug-likeness (QED) is 0.477. The van der Waals surface area contributed by atoms with Crippen LogP contribution in [0.5, 0.6) is 5.75 Å². The molecule has 0 saturated heterocycles. The molecule has 32 heavy (non-hydrogen) atoms. The zero-order valence-corrected chi connectivity index (χ0v) is 19.8. The van der Waals surface area contributed by atoms with E-state index in [0.29, 0.717) is 22.1 Å². The zero-order valence-electron chi connectivity index (χ0n) is 18.3. The third-order valence-electron chi connectivity index (χ3n) is 4.73. The fraction of sp³-hybridized carbons (Fsp3) is 0.208. The van der Waals surface area contributed by atoms with Crippen molar-refractivity contribution in [1.29, 1.82) is 0 Å². The van der Waals surface area contributed by atoms with Crippen LogP contribution in [-0.2, 0) is 14.8 Å². The second-order valence-corrected chi connectivity index (χ2v) is 9.76. The van der Waals surface area contributed by atoms with Gasteiger partial charge < -0.3 is 10.1 Å². The normalized spacial score (nSPS) is 12.2. The summed E-state index contributed by atoms with van der Waals surface area (Å²) >= 11 is 6.06. The number of carbonyl (C=O) groups excluding carboxylic acids is 1. The SMILES string of the molecule is Cc1cc(C)cc(O[C@H](C)C(=O)Nc2ccc(S(=O)(=O)Nc3ccc(C)c(Cl)c3)cc2)c1. The third kappa shape index (κ3) is 6.02. The monoisotopic (exact) mass is 472 g/mol. The second kappa shape index (κ2) is 9.63. The van der Waals surface area contributed by atoms with Gasteiger partial charge in [0.15, 0.2) is 6.10 Å². The molecule has 0 saturated carbocycles. The molecule has 0 aliphatic rings. The van der Waals surface area contributed by atoms with E-state index < -0.39 is 16.1 Å². The Labute approximate surface area is 193 Å². The summed E-state index contributed by atoms with van der Waals surface area (Å²) in [6.07, 6.45) is -0.729. The molecular weight excluding hydrogens is 448 g/mol. The molecule has 3 rings (SSSR count). The molecule has 3 aromatic rings. The van der Waals surface area contributed by atoms with Crippen molar-refractivity contribution >= 4 is 38.9 Å². The summed E-state index contributed by atoms with van der Waals surface area (Å²) in [4.78, 5) is 12.6. The van der Waals surface area contributed by atoms with Gasteiger partial charge in [0.05, 0.1) is 10.6 Å². The maximum atomic E-state index is 12.6. The molecule has 1 amide bonds. The number of nitrogens with one attached hydrogen (secondary N) is 2. The van der Waals surface area contributed by atoms with Crippen LogP contribution in [0.4, 0.5) is 11.4 Å². The summed E-state index contributed by atoms with van der Waals surface area (Å²) in [5.41, 5.74) is 3.78. The highest BCUT2D eigenvalue weighted by atomic mass is 35.5. The average molecular weight is 473 g/mol. The molecule has 0 unspecified atom stereocenters. The molecule has 8 heteroatoms. The van der Waals surface area contributed by atoms with Crippen LogP contribution in [-0.4, -0.2) is 20.4 Å². The molecule has 0 spiro atoms. The first-order valence-electron chi connectivity index (χ1n) is 9.98. The van der Waals surface area contributed by atoms with E-state index >= 15 is 0 Å². The van der Waals surface area contributed by atoms with Crippen molar-refractivity contribution in [1.82, 2.24) is 0 Å². The molecule has 0 aliphatic carbocycles. The Morgan fingerprint density at radius 1 is 0.906 bits per heavy atom. The van der Waals surface area contributed by atoms with E-state index in [1.54, 1.807) is 25.1 Å². The topological polar surface area (TPSA) is 84.5 Å². The number of halogens is 1. The number of anilines is 2. The van der Waals surface area contributed by atoms with Crippen molar-refractivity contribution in [3.63, 3.8) is 0 Å². The lowest BCUT2D eigenvalue weighted by atomic mass is 10.1. The van der Waals surface area contributed by atoms with Crippen LogP contribution in [0.25, 0.3) is 0 Å². The van der Waals surface area contributed by atoms with Crippen molar-refractivity contribution in [3.05, 3.63) is 82.4 Å². The summed E-state index contributed by atoms with van der Waals surface area (Å²) in [5.74, 6) is 0.279. The first-order valence-corrected chi connectivity index (χ1v) is 11.8. The number of sulfonamides is 1. The van der Waals surface area contributed by atoms with E-state index in [2.05, 4.69) is 10.0 Å². The first-order chi connectivity index (χ1) is 15.0. The summed E-state index contributed by atoms with van der Waals surface area (Å²) in [6.45, 7) is 7.41. The van der Waals surface area contributed by atoms with Gasteiger partial charge in [-0.05, 0) is 92.9 Å². The smallest absolute Gasteiger partial charge is 0.265 e. The van der Waals surface area contributed by atoms with Crippen LogP contribution >= 0.6 is 11.6 Å². The van der Waals surface area contributed by atoms with Gasteiger partial charge in [-0.25, -0.2) is 8.42 Å². The standard InChI is InChI=1S/C24H25ClN2O4S/c1-15-11-16(2)13-21(12-15)31-18(4)24(28)26-19-7-9-22(10-8-19)32(29,30)27-20-6-5-17(3)23(25)14-20/h5-14,18,27H,1-4H3,(H,26,28)/t18-/m1/s1. The van der Waals surface area contributed by atoms with Crippen LogP contribution < -0.4 is 14.8 Å². The maximum Gasteiger partial charge on any atom is 0.265 e. The number of benzene rings is 3. The highest BCUT2D eigenvalue weighted by Gasteiger charge is 2.17. The van der Waals surface area contributed by atoms with Gasteiger partial charge in [0.1, 0.15) is 5.75 Å². The van der Waals surface area contributed by atoms with Crippen molar-refractivity contribution in [3.8, 4) is 5.75 Å². The van der Waals surface area contributed by atoms with Gasteiger partial charge in [0.25, 0.3) is 15.9 Å². The molecule has 2 N–H and O–H groups in total. The lowest BCUT2D eigenvalue weighted by Gasteiger charge is -2.16. The maximum absolute atomic E-state index is 12.6. The Kier molecular flexibility index (Phi) is 7.11. The summed E-state index contributed by atoms with van der Waals surface area (Å²) in [7, 11) is -3.80. The average Bonchev–Trinajstić information content (AvgIpc) is 2.70. The summed E-state index contributed by atoms with van der Waals surface area (Å²) in [5, 5.41) is 3.21. The molecule has 0 bridgehead atoms. The third-order valence-corrected chi connectivity index (χ3v) is 6.54. The highest BCUT2D eigenvalue weighted by molar-refractivity contribution is 7.92. The van der Waals surface area contributed by atoms with Crippen molar-refractivity contribution in [2.24, 2.45) is 0 Å². The molecule has 6 nitrogen and oxygen atoms in total. The molecule has 0 radical (unpaired) electrons. The number of carbonyl (C=O) groups is 1. The molecule has 0 fully saturated rings. The molecule has 0 aromatic heterocycles. The van der Waals surface area contributed by atoms with Gasteiger partial charge in [-0.2, -0.15) is 0 Å². The van der Waals surface area contributed by atoms with Crippen molar-refractivity contribution in [2.45, 2.75) is 38.7 Å². The van der Waals surface area contributed by atoms with E-state index in [1.807, 2.05) is 39.0 Å². The molecule has 3 aromatic carbocycles. The number of hydrogen-bond donors (Lipinski definition) is 2. The largest absolute Gasteiger partial charge is 0.481 e. The highest BCUT2D eigenvalue weighted by Crippen LogP contribution is 2.23. The van der Waals surface area contributed by atoms with Gasteiger partial charge in [0.2, 0.25) is 0 Å². The number of aryl methyl sites for hydroxylation is 3. The van der Waals surface area contributed by atoms with E-state index in [9.17, 15) is 13.2 Å². The Bertz CT molecular complexity index is 1220. The lowest BCUT2D eigenvalue weighted by Crippen LogP contribution is -2.30. The van der Waals surface area contributed by atoms with Crippen LogP contribution in [0.15, 0.2) is 65.6 Å². The van der Waals surface area contributed by atoms with Crippen LogP contribution in [0, 0.1) is 20.8 Å². The first kappa shape index (κ1) is 23.6. The molecule has 168 valence electrons.